The Kier molecular flexibility index (Phi) is 7.34. The Labute approximate surface area is 160 Å². The van der Waals surface area contributed by atoms with Crippen LogP contribution < -0.4 is 0 Å². The van der Waals surface area contributed by atoms with Crippen molar-refractivity contribution in [3.63, 3.8) is 0 Å². The minimum Gasteiger partial charge on any atom is -0.458 e. The summed E-state index contributed by atoms with van der Waals surface area (Å²) in [6, 6.07) is 8.09. The first kappa shape index (κ1) is 20.3. The molecule has 138 valence electrons. The lowest BCUT2D eigenvalue weighted by atomic mass is 9.86. The van der Waals surface area contributed by atoms with Crippen LogP contribution in [0.1, 0.15) is 38.0 Å². The molecule has 0 unspecified atom stereocenters. The zero-order chi connectivity index (χ0) is 18.6. The number of thioether (sulfide) groups is 1. The maximum atomic E-state index is 11.6. The van der Waals surface area contributed by atoms with Crippen LogP contribution in [-0.4, -0.2) is 35.8 Å². The number of rotatable bonds is 5. The second kappa shape index (κ2) is 9.05. The van der Waals surface area contributed by atoms with Gasteiger partial charge in [-0.2, -0.15) is 0 Å². The zero-order valence-corrected chi connectivity index (χ0v) is 17.1. The van der Waals surface area contributed by atoms with Gasteiger partial charge in [0.2, 0.25) is 0 Å². The lowest BCUT2D eigenvalue weighted by Crippen LogP contribution is -2.52. The van der Waals surface area contributed by atoms with Crippen molar-refractivity contribution in [3.8, 4) is 0 Å². The largest absolute Gasteiger partial charge is 0.458 e. The molecule has 1 aromatic rings. The smallest absolute Gasteiger partial charge is 0.303 e. The highest BCUT2D eigenvalue weighted by Gasteiger charge is 2.48. The first-order valence-electron chi connectivity index (χ1n) is 8.04. The van der Waals surface area contributed by atoms with E-state index in [1.54, 1.807) is 0 Å². The summed E-state index contributed by atoms with van der Waals surface area (Å²) in [5.41, 5.74) is 1.74. The second-order valence-electron chi connectivity index (χ2n) is 6.05. The molecule has 0 aliphatic carbocycles. The summed E-state index contributed by atoms with van der Waals surface area (Å²) in [5, 5.41) is 0.747. The molecule has 0 amide bonds. The SMILES string of the molecule is CS[C@H]1O[C@@H](c2cccc(CBr)c2)[C@H](C)[C@@H](OC(C)=O)[C@@H]1OC(C)=O. The molecule has 7 heteroatoms. The molecular formula is C18H23BrO5S. The second-order valence-corrected chi connectivity index (χ2v) is 7.54. The van der Waals surface area contributed by atoms with Gasteiger partial charge in [-0.15, -0.1) is 11.8 Å². The fourth-order valence-electron chi connectivity index (χ4n) is 3.08. The van der Waals surface area contributed by atoms with Gasteiger partial charge in [0.15, 0.2) is 6.10 Å². The van der Waals surface area contributed by atoms with E-state index in [1.807, 2.05) is 31.4 Å². The number of halogens is 1. The van der Waals surface area contributed by atoms with Gasteiger partial charge in [0.25, 0.3) is 0 Å². The number of esters is 2. The fourth-order valence-corrected chi connectivity index (χ4v) is 4.14. The Bertz CT molecular complexity index is 623. The first-order valence-corrected chi connectivity index (χ1v) is 10.5. The molecule has 1 aromatic carbocycles. The third-order valence-corrected chi connectivity index (χ3v) is 5.63. The third-order valence-electron chi connectivity index (χ3n) is 4.14. The molecule has 1 fully saturated rings. The number of ether oxygens (including phenoxy) is 3. The number of hydrogen-bond donors (Lipinski definition) is 0. The van der Waals surface area contributed by atoms with Gasteiger partial charge in [-0.25, -0.2) is 0 Å². The molecule has 1 heterocycles. The van der Waals surface area contributed by atoms with Crippen molar-refractivity contribution < 1.29 is 23.8 Å². The Morgan fingerprint density at radius 2 is 1.84 bits per heavy atom. The molecular weight excluding hydrogens is 408 g/mol. The molecule has 5 nitrogen and oxygen atoms in total. The van der Waals surface area contributed by atoms with Crippen LogP contribution in [0, 0.1) is 5.92 Å². The molecule has 0 spiro atoms. The molecule has 0 radical (unpaired) electrons. The van der Waals surface area contributed by atoms with E-state index in [1.165, 1.54) is 25.6 Å². The predicted molar refractivity (Wildman–Crippen MR) is 100 cm³/mol. The van der Waals surface area contributed by atoms with E-state index in [9.17, 15) is 9.59 Å². The molecule has 0 aromatic heterocycles. The van der Waals surface area contributed by atoms with Gasteiger partial charge in [-0.3, -0.25) is 9.59 Å². The normalized spacial score (nSPS) is 29.1. The van der Waals surface area contributed by atoms with Crippen LogP contribution in [0.3, 0.4) is 0 Å². The zero-order valence-electron chi connectivity index (χ0n) is 14.7. The van der Waals surface area contributed by atoms with Crippen LogP contribution in [-0.2, 0) is 29.1 Å². The van der Waals surface area contributed by atoms with E-state index in [4.69, 9.17) is 14.2 Å². The van der Waals surface area contributed by atoms with Gasteiger partial charge in [0, 0.05) is 25.1 Å². The van der Waals surface area contributed by atoms with Gasteiger partial charge < -0.3 is 14.2 Å². The van der Waals surface area contributed by atoms with Crippen LogP contribution >= 0.6 is 27.7 Å². The van der Waals surface area contributed by atoms with E-state index >= 15 is 0 Å². The van der Waals surface area contributed by atoms with Gasteiger partial charge in [0.1, 0.15) is 11.5 Å². The molecule has 25 heavy (non-hydrogen) atoms. The van der Waals surface area contributed by atoms with Crippen molar-refractivity contribution in [1.82, 2.24) is 0 Å². The van der Waals surface area contributed by atoms with E-state index in [0.29, 0.717) is 0 Å². The highest BCUT2D eigenvalue weighted by atomic mass is 79.9. The first-order chi connectivity index (χ1) is 11.9. The van der Waals surface area contributed by atoms with Gasteiger partial charge in [-0.1, -0.05) is 47.1 Å². The number of alkyl halides is 1. The van der Waals surface area contributed by atoms with Crippen molar-refractivity contribution in [3.05, 3.63) is 35.4 Å². The quantitative estimate of drug-likeness (QED) is 0.522. The van der Waals surface area contributed by atoms with Crippen molar-refractivity contribution in [2.24, 2.45) is 5.92 Å². The lowest BCUT2D eigenvalue weighted by molar-refractivity contribution is -0.208. The van der Waals surface area contributed by atoms with Crippen LogP contribution in [0.5, 0.6) is 0 Å². The van der Waals surface area contributed by atoms with Gasteiger partial charge in [-0.05, 0) is 17.4 Å². The third kappa shape index (κ3) is 4.99. The fraction of sp³-hybridized carbons (Fsp3) is 0.556. The van der Waals surface area contributed by atoms with E-state index in [-0.39, 0.29) is 12.0 Å². The average molecular weight is 431 g/mol. The summed E-state index contributed by atoms with van der Waals surface area (Å²) in [7, 11) is 0. The minimum absolute atomic E-state index is 0.165. The summed E-state index contributed by atoms with van der Waals surface area (Å²) < 4.78 is 17.2. The van der Waals surface area contributed by atoms with Crippen LogP contribution in [0.2, 0.25) is 0 Å². The molecule has 1 aliphatic rings. The molecule has 0 saturated carbocycles. The molecule has 5 atom stereocenters. The molecule has 1 aliphatic heterocycles. The number of carbonyl (C=O) groups is 2. The summed E-state index contributed by atoms with van der Waals surface area (Å²) >= 11 is 4.90. The topological polar surface area (TPSA) is 61.8 Å². The van der Waals surface area contributed by atoms with E-state index in [2.05, 4.69) is 22.0 Å². The van der Waals surface area contributed by atoms with E-state index < -0.39 is 29.6 Å². The predicted octanol–water partition coefficient (Wildman–Crippen LogP) is 3.84. The maximum Gasteiger partial charge on any atom is 0.303 e. The Hall–Kier alpha value is -1.05. The standard InChI is InChI=1S/C18H23BrO5S/c1-10-15(14-7-5-6-13(8-14)9-19)24-18(25-4)17(23-12(3)21)16(10)22-11(2)20/h5-8,10,15-18H,9H2,1-4H3/t10-,15+,16+,17-,18+/m0/s1. The molecule has 0 N–H and O–H groups in total. The summed E-state index contributed by atoms with van der Waals surface area (Å²) in [5.74, 6) is -0.984. The number of benzene rings is 1. The van der Waals surface area contributed by atoms with Crippen LogP contribution in [0.4, 0.5) is 0 Å². The van der Waals surface area contributed by atoms with Crippen molar-refractivity contribution in [2.75, 3.05) is 6.26 Å². The maximum absolute atomic E-state index is 11.6. The highest BCUT2D eigenvalue weighted by Crippen LogP contribution is 2.42. The average Bonchev–Trinajstić information content (AvgIpc) is 2.57. The van der Waals surface area contributed by atoms with Gasteiger partial charge >= 0.3 is 11.9 Å². The Morgan fingerprint density at radius 1 is 1.20 bits per heavy atom. The van der Waals surface area contributed by atoms with Crippen molar-refractivity contribution >= 4 is 39.6 Å². The van der Waals surface area contributed by atoms with Gasteiger partial charge in [0.05, 0.1) is 6.10 Å². The minimum atomic E-state index is -0.637. The Morgan fingerprint density at radius 3 is 2.40 bits per heavy atom. The molecule has 0 bridgehead atoms. The van der Waals surface area contributed by atoms with Crippen LogP contribution in [0.15, 0.2) is 24.3 Å². The van der Waals surface area contributed by atoms with Crippen molar-refractivity contribution in [2.45, 2.75) is 49.8 Å². The van der Waals surface area contributed by atoms with E-state index in [0.717, 1.165) is 16.5 Å². The van der Waals surface area contributed by atoms with Crippen molar-refractivity contribution in [1.29, 1.82) is 0 Å². The number of carbonyl (C=O) groups excluding carboxylic acids is 2. The Balaban J connectivity index is 2.36. The molecule has 1 saturated heterocycles. The monoisotopic (exact) mass is 430 g/mol. The summed E-state index contributed by atoms with van der Waals surface area (Å²) in [6.45, 7) is 4.66. The summed E-state index contributed by atoms with van der Waals surface area (Å²) in [6.07, 6.45) is 0.424. The lowest BCUT2D eigenvalue weighted by Gasteiger charge is -2.44. The summed E-state index contributed by atoms with van der Waals surface area (Å²) in [4.78, 5) is 23.1. The highest BCUT2D eigenvalue weighted by molar-refractivity contribution is 9.08. The van der Waals surface area contributed by atoms with Crippen LogP contribution in [0.25, 0.3) is 0 Å². The molecule has 2 rings (SSSR count). The number of hydrogen-bond acceptors (Lipinski definition) is 6.